The number of anilines is 1. The number of carbonyl (C=O) groups is 2. The number of nitrogens with zero attached hydrogens (tertiary/aromatic N) is 1. The van der Waals surface area contributed by atoms with E-state index < -0.39 is 34.4 Å². The van der Waals surface area contributed by atoms with Gasteiger partial charge in [0.05, 0.1) is 23.4 Å². The largest absolute Gasteiger partial charge is 0.479 e. The Morgan fingerprint density at radius 2 is 1.87 bits per heavy atom. The van der Waals surface area contributed by atoms with Crippen molar-refractivity contribution in [2.45, 2.75) is 24.6 Å². The third kappa shape index (κ3) is 6.70. The number of rotatable bonds is 10. The smallest absolute Gasteiger partial charge is 0.351 e. The second kappa shape index (κ2) is 12.3. The molecule has 0 aliphatic carbocycles. The zero-order valence-corrected chi connectivity index (χ0v) is 23.2. The summed E-state index contributed by atoms with van der Waals surface area (Å²) in [5.74, 6) is -2.88. The van der Waals surface area contributed by atoms with Gasteiger partial charge in [-0.25, -0.2) is 22.4 Å². The summed E-state index contributed by atoms with van der Waals surface area (Å²) >= 11 is 7.51. The van der Waals surface area contributed by atoms with Gasteiger partial charge in [-0.05, 0) is 61.3 Å². The first kappa shape index (κ1) is 28.8. The number of carbonyl (C=O) groups excluding carboxylic acids is 1. The molecular formula is C26H26ClFN2O7S2. The van der Waals surface area contributed by atoms with Crippen molar-refractivity contribution in [1.82, 2.24) is 5.32 Å². The van der Waals surface area contributed by atoms with E-state index in [1.807, 2.05) is 0 Å². The van der Waals surface area contributed by atoms with Crippen molar-refractivity contribution in [2.75, 3.05) is 31.1 Å². The first-order valence-electron chi connectivity index (χ1n) is 11.9. The monoisotopic (exact) mass is 596 g/mol. The molecule has 208 valence electrons. The quantitative estimate of drug-likeness (QED) is 0.327. The number of nitrogens with one attached hydrogen (secondary N) is 1. The van der Waals surface area contributed by atoms with E-state index in [1.165, 1.54) is 35.7 Å². The highest BCUT2D eigenvalue weighted by Crippen LogP contribution is 2.46. The van der Waals surface area contributed by atoms with E-state index in [0.29, 0.717) is 47.6 Å². The lowest BCUT2D eigenvalue weighted by molar-refractivity contribution is -0.139. The average Bonchev–Trinajstić information content (AvgIpc) is 3.25. The van der Waals surface area contributed by atoms with Crippen LogP contribution in [-0.2, 0) is 25.3 Å². The van der Waals surface area contributed by atoms with Gasteiger partial charge < -0.3 is 19.9 Å². The van der Waals surface area contributed by atoms with E-state index in [1.54, 1.807) is 24.3 Å². The minimum Gasteiger partial charge on any atom is -0.479 e. The molecule has 0 unspecified atom stereocenters. The van der Waals surface area contributed by atoms with E-state index in [9.17, 15) is 22.4 Å². The Morgan fingerprint density at radius 3 is 2.51 bits per heavy atom. The van der Waals surface area contributed by atoms with Gasteiger partial charge in [0.1, 0.15) is 10.8 Å². The molecule has 1 aliphatic heterocycles. The number of aliphatic carboxylic acids is 1. The first-order chi connectivity index (χ1) is 18.6. The lowest BCUT2D eigenvalue weighted by atomic mass is 10.1. The topological polar surface area (TPSA) is 122 Å². The third-order valence-corrected chi connectivity index (χ3v) is 9.56. The first-order valence-corrected chi connectivity index (χ1v) is 14.7. The second-order valence-electron chi connectivity index (χ2n) is 8.79. The Morgan fingerprint density at radius 1 is 1.18 bits per heavy atom. The molecule has 0 radical (unpaired) electrons. The second-order valence-corrected chi connectivity index (χ2v) is 12.0. The highest BCUT2D eigenvalue weighted by atomic mass is 35.5. The fourth-order valence-corrected chi connectivity index (χ4v) is 7.69. The number of esters is 1. The number of carboxylic acid groups (broad SMARTS) is 1. The van der Waals surface area contributed by atoms with E-state index in [-0.39, 0.29) is 27.4 Å². The van der Waals surface area contributed by atoms with E-state index in [4.69, 9.17) is 26.2 Å². The van der Waals surface area contributed by atoms with Crippen molar-refractivity contribution in [3.05, 3.63) is 69.8 Å². The number of ether oxygens (including phenoxy) is 2. The van der Waals surface area contributed by atoms with Crippen molar-refractivity contribution in [2.24, 2.45) is 0 Å². The van der Waals surface area contributed by atoms with Gasteiger partial charge in [-0.2, -0.15) is 0 Å². The van der Waals surface area contributed by atoms with E-state index in [0.717, 1.165) is 11.3 Å². The number of methoxy groups -OCH3 is 1. The summed E-state index contributed by atoms with van der Waals surface area (Å²) in [7, 11) is -2.72. The van der Waals surface area contributed by atoms with Gasteiger partial charge in [-0.1, -0.05) is 35.9 Å². The molecule has 1 saturated heterocycles. The molecule has 4 rings (SSSR count). The van der Waals surface area contributed by atoms with E-state index in [2.05, 4.69) is 5.32 Å². The zero-order chi connectivity index (χ0) is 28.2. The molecule has 0 amide bonds. The highest BCUT2D eigenvalue weighted by molar-refractivity contribution is 7.92. The Bertz CT molecular complexity index is 1460. The molecule has 3 aromatic rings. The molecule has 0 saturated carbocycles. The van der Waals surface area contributed by atoms with Crippen molar-refractivity contribution < 1.29 is 37.0 Å². The average molecular weight is 597 g/mol. The number of halogens is 2. The van der Waals surface area contributed by atoms with Crippen LogP contribution in [0, 0.1) is 5.82 Å². The number of hydrogen-bond acceptors (Lipinski definition) is 8. The molecule has 39 heavy (non-hydrogen) atoms. The molecular weight excluding hydrogens is 571 g/mol. The molecule has 1 aliphatic rings. The summed E-state index contributed by atoms with van der Waals surface area (Å²) < 4.78 is 52.5. The van der Waals surface area contributed by atoms with Crippen LogP contribution in [-0.4, -0.2) is 58.3 Å². The maximum Gasteiger partial charge on any atom is 0.351 e. The lowest BCUT2D eigenvalue weighted by Gasteiger charge is -2.35. The molecule has 0 bridgehead atoms. The van der Waals surface area contributed by atoms with Gasteiger partial charge in [-0.15, -0.1) is 11.3 Å². The summed E-state index contributed by atoms with van der Waals surface area (Å²) in [5.41, 5.74) is 1.36. The zero-order valence-electron chi connectivity index (χ0n) is 20.9. The maximum atomic E-state index is 13.8. The number of hydrogen-bond donors (Lipinski definition) is 2. The van der Waals surface area contributed by atoms with Crippen LogP contribution < -0.4 is 14.4 Å². The Balaban J connectivity index is 1.76. The standard InChI is InChI=1S/C26H26ClFN2O7S2/c1-36-26(33)25-23(37-14-21(31)32)22(27)24(38-25)17-3-2-4-20(13-17)30(19-9-11-29-12-10-19)39(34,35)15-16-5-7-18(28)8-6-16/h2-8,13,19,29H,9-12,14-15H2,1H3,(H,31,32). The Labute approximate surface area is 234 Å². The number of piperidine rings is 1. The normalized spacial score (nSPS) is 14.1. The minimum atomic E-state index is -3.90. The lowest BCUT2D eigenvalue weighted by Crippen LogP contribution is -2.46. The summed E-state index contributed by atoms with van der Waals surface area (Å²) in [6.45, 7) is 0.581. The van der Waals surface area contributed by atoms with Crippen LogP contribution in [0.2, 0.25) is 5.02 Å². The van der Waals surface area contributed by atoms with Crippen LogP contribution in [0.15, 0.2) is 48.5 Å². The molecule has 0 spiro atoms. The molecule has 1 fully saturated rings. The van der Waals surface area contributed by atoms with Gasteiger partial charge in [0, 0.05) is 6.04 Å². The maximum absolute atomic E-state index is 13.8. The van der Waals surface area contributed by atoms with Gasteiger partial charge in [0.25, 0.3) is 0 Å². The van der Waals surface area contributed by atoms with Crippen LogP contribution in [0.1, 0.15) is 28.1 Å². The fraction of sp³-hybridized carbons (Fsp3) is 0.308. The Kier molecular flexibility index (Phi) is 9.11. The van der Waals surface area contributed by atoms with Gasteiger partial charge in [-0.3, -0.25) is 4.31 Å². The van der Waals surface area contributed by atoms with Gasteiger partial charge >= 0.3 is 11.9 Å². The molecule has 9 nitrogen and oxygen atoms in total. The SMILES string of the molecule is COC(=O)c1sc(-c2cccc(N(C3CCNCC3)S(=O)(=O)Cc3ccc(F)cc3)c2)c(Cl)c1OCC(=O)O. The number of benzene rings is 2. The van der Waals surface area contributed by atoms with Gasteiger partial charge in [0.15, 0.2) is 17.2 Å². The summed E-state index contributed by atoms with van der Waals surface area (Å²) in [6.07, 6.45) is 1.18. The summed E-state index contributed by atoms with van der Waals surface area (Å²) in [5, 5.41) is 12.3. The number of thiophene rings is 1. The minimum absolute atomic E-state index is 0.0108. The summed E-state index contributed by atoms with van der Waals surface area (Å²) in [6, 6.07) is 11.7. The molecule has 13 heteroatoms. The predicted molar refractivity (Wildman–Crippen MR) is 147 cm³/mol. The number of carboxylic acids is 1. The van der Waals surface area contributed by atoms with Crippen molar-refractivity contribution in [3.8, 4) is 16.2 Å². The van der Waals surface area contributed by atoms with Crippen molar-refractivity contribution in [1.29, 1.82) is 0 Å². The number of sulfonamides is 1. The van der Waals surface area contributed by atoms with Crippen molar-refractivity contribution in [3.63, 3.8) is 0 Å². The summed E-state index contributed by atoms with van der Waals surface area (Å²) in [4.78, 5) is 23.8. The fourth-order valence-electron chi connectivity index (χ4n) is 4.36. The molecule has 2 aromatic carbocycles. The van der Waals surface area contributed by atoms with Gasteiger partial charge in [0.2, 0.25) is 10.0 Å². The molecule has 2 heterocycles. The van der Waals surface area contributed by atoms with E-state index >= 15 is 0 Å². The predicted octanol–water partition coefficient (Wildman–Crippen LogP) is 4.55. The molecule has 1 aromatic heterocycles. The Hall–Kier alpha value is -3.19. The molecule has 2 N–H and O–H groups in total. The van der Waals surface area contributed by atoms with Crippen LogP contribution in [0.25, 0.3) is 10.4 Å². The van der Waals surface area contributed by atoms with Crippen molar-refractivity contribution >= 4 is 50.6 Å². The molecule has 0 atom stereocenters. The van der Waals surface area contributed by atoms with Crippen LogP contribution in [0.3, 0.4) is 0 Å². The van der Waals surface area contributed by atoms with Crippen LogP contribution in [0.4, 0.5) is 10.1 Å². The van der Waals surface area contributed by atoms with Crippen LogP contribution >= 0.6 is 22.9 Å². The third-order valence-electron chi connectivity index (χ3n) is 6.08. The van der Waals surface area contributed by atoms with Crippen LogP contribution in [0.5, 0.6) is 5.75 Å². The highest BCUT2D eigenvalue weighted by Gasteiger charge is 2.32.